The molecule has 0 aromatic heterocycles. The quantitative estimate of drug-likeness (QED) is 0.763. The van der Waals surface area contributed by atoms with Gasteiger partial charge in [0.05, 0.1) is 0 Å². The molecule has 0 saturated carbocycles. The van der Waals surface area contributed by atoms with Crippen molar-refractivity contribution in [1.82, 2.24) is 3.90 Å². The fourth-order valence-corrected chi connectivity index (χ4v) is 14.3. The van der Waals surface area contributed by atoms with Gasteiger partial charge in [0.25, 0.3) is 0 Å². The molecular weight excluding hydrogens is 266 g/mol. The molecular formula is C14H22NSi3. The van der Waals surface area contributed by atoms with Crippen molar-refractivity contribution in [1.29, 1.82) is 0 Å². The number of rotatable bonds is 4. The Bertz CT molecular complexity index is 434. The Balaban J connectivity index is 2.25. The van der Waals surface area contributed by atoms with Gasteiger partial charge in [0.1, 0.15) is 26.9 Å². The van der Waals surface area contributed by atoms with Crippen LogP contribution in [0.4, 0.5) is 0 Å². The molecule has 0 saturated heterocycles. The first-order chi connectivity index (χ1) is 8.52. The fraction of sp³-hybridized carbons (Fsp3) is 0.429. The molecule has 0 spiro atoms. The Kier molecular flexibility index (Phi) is 4.42. The predicted octanol–water partition coefficient (Wildman–Crippen LogP) is 3.76. The van der Waals surface area contributed by atoms with Crippen LogP contribution in [0.3, 0.4) is 0 Å². The molecule has 4 heteroatoms. The summed E-state index contributed by atoms with van der Waals surface area (Å²) in [6.07, 6.45) is 4.77. The highest BCUT2D eigenvalue weighted by Crippen LogP contribution is 2.33. The molecule has 1 aromatic carbocycles. The van der Waals surface area contributed by atoms with E-state index < -0.39 is 8.96 Å². The van der Waals surface area contributed by atoms with E-state index in [1.807, 2.05) is 0 Å². The van der Waals surface area contributed by atoms with Crippen LogP contribution in [0.25, 0.3) is 6.08 Å². The zero-order valence-electron chi connectivity index (χ0n) is 12.0. The number of hydrogen-bond donors (Lipinski definition) is 0. The molecule has 1 aromatic rings. The first-order valence-corrected chi connectivity index (χ1v) is 13.4. The van der Waals surface area contributed by atoms with E-state index in [1.165, 1.54) is 5.56 Å². The van der Waals surface area contributed by atoms with E-state index >= 15 is 0 Å². The molecule has 0 heterocycles. The van der Waals surface area contributed by atoms with Gasteiger partial charge in [-0.1, -0.05) is 69.2 Å². The topological polar surface area (TPSA) is 3.24 Å². The van der Waals surface area contributed by atoms with Gasteiger partial charge in [-0.05, 0) is 11.1 Å². The lowest BCUT2D eigenvalue weighted by molar-refractivity contribution is 0.946. The van der Waals surface area contributed by atoms with E-state index in [-0.39, 0.29) is 17.9 Å². The van der Waals surface area contributed by atoms with Crippen LogP contribution in [0.2, 0.25) is 32.7 Å². The number of benzene rings is 1. The van der Waals surface area contributed by atoms with Crippen LogP contribution in [-0.2, 0) is 0 Å². The average Bonchev–Trinajstić information content (AvgIpc) is 2.71. The Hall–Kier alpha value is -0.429. The molecule has 0 fully saturated rings. The van der Waals surface area contributed by atoms with Crippen molar-refractivity contribution < 1.29 is 0 Å². The lowest BCUT2D eigenvalue weighted by Crippen LogP contribution is -2.53. The van der Waals surface area contributed by atoms with Crippen LogP contribution < -0.4 is 0 Å². The second-order valence-electron chi connectivity index (χ2n) is 5.34. The summed E-state index contributed by atoms with van der Waals surface area (Å²) in [5.74, 6) is 0. The third kappa shape index (κ3) is 2.61. The Labute approximate surface area is 117 Å². The SMILES string of the molecule is C[Si](C)N([Si](C)C)[Si](C)C1C=Cc2ccccc21. The minimum atomic E-state index is -0.479. The van der Waals surface area contributed by atoms with Gasteiger partial charge in [0, 0.05) is 5.54 Å². The molecule has 0 aliphatic heterocycles. The number of fused-ring (bicyclic) bond motifs is 1. The fourth-order valence-electron chi connectivity index (χ4n) is 2.91. The van der Waals surface area contributed by atoms with E-state index in [0.717, 1.165) is 0 Å². The maximum Gasteiger partial charge on any atom is 0.130 e. The summed E-state index contributed by atoms with van der Waals surface area (Å²) in [6.45, 7) is 12.3. The van der Waals surface area contributed by atoms with Crippen LogP contribution in [0, 0.1) is 0 Å². The zero-order chi connectivity index (χ0) is 13.3. The van der Waals surface area contributed by atoms with E-state index in [1.54, 1.807) is 5.56 Å². The van der Waals surface area contributed by atoms with Gasteiger partial charge in [-0.2, -0.15) is 0 Å². The van der Waals surface area contributed by atoms with Gasteiger partial charge in [0.15, 0.2) is 0 Å². The zero-order valence-corrected chi connectivity index (χ0v) is 15.0. The van der Waals surface area contributed by atoms with Crippen LogP contribution >= 0.6 is 0 Å². The summed E-state index contributed by atoms with van der Waals surface area (Å²) < 4.78 is 2.91. The molecule has 1 aliphatic carbocycles. The van der Waals surface area contributed by atoms with E-state index in [9.17, 15) is 0 Å². The third-order valence-corrected chi connectivity index (χ3v) is 14.9. The minimum absolute atomic E-state index is 0.320. The minimum Gasteiger partial charge on any atom is -0.371 e. The Morgan fingerprint density at radius 2 is 1.56 bits per heavy atom. The molecule has 1 nitrogen and oxygen atoms in total. The molecule has 0 amide bonds. The smallest absolute Gasteiger partial charge is 0.130 e. The van der Waals surface area contributed by atoms with Crippen LogP contribution in [-0.4, -0.2) is 30.8 Å². The summed E-state index contributed by atoms with van der Waals surface area (Å²) in [5, 5.41) is 0. The van der Waals surface area contributed by atoms with Crippen molar-refractivity contribution in [3.05, 3.63) is 41.5 Å². The lowest BCUT2D eigenvalue weighted by atomic mass is 10.1. The van der Waals surface area contributed by atoms with Gasteiger partial charge in [-0.3, -0.25) is 0 Å². The largest absolute Gasteiger partial charge is 0.371 e. The van der Waals surface area contributed by atoms with Gasteiger partial charge in [-0.25, -0.2) is 0 Å². The Morgan fingerprint density at radius 3 is 2.17 bits per heavy atom. The number of allylic oxidation sites excluding steroid dienone is 1. The standard InChI is InChI=1S/C14H22NSi3/c1-16(2)15(17(3)4)18(5)14-11-10-12-8-6-7-9-13(12)14/h6-11,14H,1-5H3. The molecule has 3 radical (unpaired) electrons. The Morgan fingerprint density at radius 1 is 0.944 bits per heavy atom. The second kappa shape index (κ2) is 5.69. The maximum atomic E-state index is 2.91. The lowest BCUT2D eigenvalue weighted by Gasteiger charge is -2.37. The summed E-state index contributed by atoms with van der Waals surface area (Å²) in [4.78, 5) is 0. The summed E-state index contributed by atoms with van der Waals surface area (Å²) >= 11 is 0. The van der Waals surface area contributed by atoms with Crippen LogP contribution in [0.1, 0.15) is 16.7 Å². The van der Waals surface area contributed by atoms with Crippen molar-refractivity contribution in [2.24, 2.45) is 0 Å². The van der Waals surface area contributed by atoms with E-state index in [4.69, 9.17) is 0 Å². The number of nitrogens with zero attached hydrogens (tertiary/aromatic N) is 1. The molecule has 0 bridgehead atoms. The van der Waals surface area contributed by atoms with E-state index in [2.05, 4.69) is 73.0 Å². The highest BCUT2D eigenvalue weighted by molar-refractivity contribution is 6.85. The van der Waals surface area contributed by atoms with Crippen molar-refractivity contribution in [2.45, 2.75) is 38.3 Å². The molecule has 1 unspecified atom stereocenters. The van der Waals surface area contributed by atoms with Crippen molar-refractivity contribution >= 4 is 33.0 Å². The molecule has 18 heavy (non-hydrogen) atoms. The summed E-state index contributed by atoms with van der Waals surface area (Å²) in [5.41, 5.74) is 3.69. The van der Waals surface area contributed by atoms with Crippen molar-refractivity contribution in [3.8, 4) is 0 Å². The van der Waals surface area contributed by atoms with E-state index in [0.29, 0.717) is 5.54 Å². The molecule has 2 rings (SSSR count). The average molecular weight is 289 g/mol. The highest BCUT2D eigenvalue weighted by atomic mass is 28.4. The normalized spacial score (nSPS) is 18.4. The van der Waals surface area contributed by atoms with Crippen LogP contribution in [0.15, 0.2) is 30.3 Å². The van der Waals surface area contributed by atoms with Crippen molar-refractivity contribution in [3.63, 3.8) is 0 Å². The monoisotopic (exact) mass is 288 g/mol. The summed E-state index contributed by atoms with van der Waals surface area (Å²) in [6, 6.07) is 8.90. The summed E-state index contributed by atoms with van der Waals surface area (Å²) in [7, 11) is -1.12. The van der Waals surface area contributed by atoms with Crippen LogP contribution in [0.5, 0.6) is 0 Å². The first-order valence-electron chi connectivity index (χ1n) is 6.53. The second-order valence-corrected chi connectivity index (χ2v) is 13.7. The third-order valence-electron chi connectivity index (χ3n) is 3.50. The molecule has 95 valence electrons. The van der Waals surface area contributed by atoms with Gasteiger partial charge < -0.3 is 3.90 Å². The van der Waals surface area contributed by atoms with Gasteiger partial charge in [-0.15, -0.1) is 0 Å². The first kappa shape index (κ1) is 14.0. The highest BCUT2D eigenvalue weighted by Gasteiger charge is 2.32. The molecule has 0 N–H and O–H groups in total. The molecule has 1 atom stereocenters. The number of hydrogen-bond acceptors (Lipinski definition) is 1. The molecule has 1 aliphatic rings. The maximum absolute atomic E-state index is 2.91. The van der Waals surface area contributed by atoms with Gasteiger partial charge in [0.2, 0.25) is 0 Å². The predicted molar refractivity (Wildman–Crippen MR) is 86.6 cm³/mol. The van der Waals surface area contributed by atoms with Gasteiger partial charge >= 0.3 is 0 Å². The van der Waals surface area contributed by atoms with Crippen molar-refractivity contribution in [2.75, 3.05) is 0 Å².